The Morgan fingerprint density at radius 3 is 2.39 bits per heavy atom. The van der Waals surface area contributed by atoms with Crippen LogP contribution in [0.15, 0.2) is 77.7 Å². The largest absolute Gasteiger partial charge is 0.369 e. The number of rotatable bonds is 10. The Bertz CT molecular complexity index is 1380. The first-order valence-electron chi connectivity index (χ1n) is 13.9. The number of hydrogen-bond donors (Lipinski definition) is 1. The number of aromatic nitrogens is 3. The van der Waals surface area contributed by atoms with Crippen molar-refractivity contribution in [3.05, 3.63) is 88.8 Å². The van der Waals surface area contributed by atoms with Crippen LogP contribution in [0.2, 0.25) is 0 Å². The van der Waals surface area contributed by atoms with E-state index in [1.165, 1.54) is 18.5 Å². The van der Waals surface area contributed by atoms with Gasteiger partial charge in [-0.25, -0.2) is 4.98 Å². The van der Waals surface area contributed by atoms with E-state index < -0.39 is 0 Å². The molecule has 1 aliphatic rings. The second kappa shape index (κ2) is 12.2. The topological polar surface area (TPSA) is 66.3 Å². The lowest BCUT2D eigenvalue weighted by Gasteiger charge is -2.34. The smallest absolute Gasteiger partial charge is 0.252 e. The zero-order valence-electron chi connectivity index (χ0n) is 22.5. The Kier molecular flexibility index (Phi) is 8.34. The summed E-state index contributed by atoms with van der Waals surface area (Å²) < 4.78 is 1.86. The van der Waals surface area contributed by atoms with Crippen molar-refractivity contribution in [2.75, 3.05) is 43.4 Å². The van der Waals surface area contributed by atoms with E-state index in [1.807, 2.05) is 28.8 Å². The maximum atomic E-state index is 13.3. The number of nitrogens with one attached hydrogen (secondary N) is 1. The van der Waals surface area contributed by atoms with Gasteiger partial charge in [-0.1, -0.05) is 62.9 Å². The van der Waals surface area contributed by atoms with Gasteiger partial charge in [-0.15, -0.1) is 0 Å². The van der Waals surface area contributed by atoms with Crippen LogP contribution in [0.3, 0.4) is 0 Å². The Hall–Kier alpha value is -3.71. The Balaban J connectivity index is 1.43. The van der Waals surface area contributed by atoms with Crippen molar-refractivity contribution in [1.29, 1.82) is 0 Å². The lowest BCUT2D eigenvalue weighted by molar-refractivity contribution is 0.313. The van der Waals surface area contributed by atoms with Crippen LogP contribution in [-0.4, -0.2) is 52.7 Å². The molecule has 1 atom stereocenters. The SMILES string of the molecule is CCCCCCC(c1ccccc1)n1c(=O)ccc2cnc(Nc3ccc(N4CCN(C)CC4)cc3)nc21. The van der Waals surface area contributed by atoms with E-state index in [0.717, 1.165) is 62.1 Å². The van der Waals surface area contributed by atoms with Gasteiger partial charge in [-0.05, 0) is 49.4 Å². The first-order valence-corrected chi connectivity index (χ1v) is 13.9. The van der Waals surface area contributed by atoms with Crippen LogP contribution in [0.5, 0.6) is 0 Å². The summed E-state index contributed by atoms with van der Waals surface area (Å²) in [6.07, 6.45) is 7.30. The average molecular weight is 511 g/mol. The van der Waals surface area contributed by atoms with Crippen LogP contribution in [0, 0.1) is 0 Å². The second-order valence-electron chi connectivity index (χ2n) is 10.3. The Morgan fingerprint density at radius 2 is 1.66 bits per heavy atom. The summed E-state index contributed by atoms with van der Waals surface area (Å²) in [5, 5.41) is 4.21. The van der Waals surface area contributed by atoms with Gasteiger partial charge >= 0.3 is 0 Å². The molecule has 2 aromatic carbocycles. The van der Waals surface area contributed by atoms with Crippen molar-refractivity contribution in [2.24, 2.45) is 0 Å². The second-order valence-corrected chi connectivity index (χ2v) is 10.3. The minimum atomic E-state index is -0.0742. The molecule has 0 bridgehead atoms. The molecule has 198 valence electrons. The van der Waals surface area contributed by atoms with Crippen molar-refractivity contribution < 1.29 is 0 Å². The molecule has 7 heteroatoms. The fourth-order valence-electron chi connectivity index (χ4n) is 5.23. The number of pyridine rings is 1. The zero-order valence-corrected chi connectivity index (χ0v) is 22.5. The summed E-state index contributed by atoms with van der Waals surface area (Å²) in [7, 11) is 2.17. The molecule has 1 fully saturated rings. The standard InChI is InChI=1S/C31H38N6O/c1-3-4-5-9-12-28(24-10-7-6-8-11-24)37-29(38)18-13-25-23-32-31(34-30(25)37)33-26-14-16-27(17-15-26)36-21-19-35(2)20-22-36/h6-8,10-11,13-18,23,28H,3-5,9,12,19-22H2,1-2H3,(H,32,33,34). The first-order chi connectivity index (χ1) is 18.6. The van der Waals surface area contributed by atoms with Gasteiger partial charge in [0.15, 0.2) is 0 Å². The molecule has 0 saturated carbocycles. The molecule has 1 N–H and O–H groups in total. The molecule has 3 heterocycles. The van der Waals surface area contributed by atoms with Crippen LogP contribution in [-0.2, 0) is 0 Å². The maximum Gasteiger partial charge on any atom is 0.252 e. The molecule has 2 aromatic heterocycles. The van der Waals surface area contributed by atoms with Gasteiger partial charge in [0.2, 0.25) is 5.95 Å². The highest BCUT2D eigenvalue weighted by atomic mass is 16.1. The minimum Gasteiger partial charge on any atom is -0.369 e. The number of likely N-dealkylation sites (N-methyl/N-ethyl adjacent to an activating group) is 1. The molecule has 7 nitrogen and oxygen atoms in total. The lowest BCUT2D eigenvalue weighted by Crippen LogP contribution is -2.44. The highest BCUT2D eigenvalue weighted by Gasteiger charge is 2.19. The molecule has 1 aliphatic heterocycles. The van der Waals surface area contributed by atoms with Gasteiger partial charge in [0, 0.05) is 55.2 Å². The first kappa shape index (κ1) is 25.9. The minimum absolute atomic E-state index is 0.0389. The number of nitrogens with zero attached hydrogens (tertiary/aromatic N) is 5. The number of fused-ring (bicyclic) bond motifs is 1. The summed E-state index contributed by atoms with van der Waals surface area (Å²) in [5.41, 5.74) is 3.90. The van der Waals surface area contributed by atoms with Gasteiger partial charge in [0.05, 0.1) is 6.04 Å². The normalized spacial score (nSPS) is 15.1. The number of piperazine rings is 1. The summed E-state index contributed by atoms with van der Waals surface area (Å²) in [6, 6.07) is 22.1. The van der Waals surface area contributed by atoms with Gasteiger partial charge in [0.1, 0.15) is 5.65 Å². The summed E-state index contributed by atoms with van der Waals surface area (Å²) in [4.78, 5) is 27.5. The molecular weight excluding hydrogens is 472 g/mol. The van der Waals surface area contributed by atoms with Crippen LogP contribution >= 0.6 is 0 Å². The third-order valence-corrected chi connectivity index (χ3v) is 7.49. The van der Waals surface area contributed by atoms with E-state index in [2.05, 4.69) is 70.5 Å². The number of benzene rings is 2. The fourth-order valence-corrected chi connectivity index (χ4v) is 5.23. The lowest BCUT2D eigenvalue weighted by atomic mass is 9.99. The van der Waals surface area contributed by atoms with Crippen molar-refractivity contribution in [3.63, 3.8) is 0 Å². The van der Waals surface area contributed by atoms with Gasteiger partial charge in [-0.3, -0.25) is 9.36 Å². The van der Waals surface area contributed by atoms with E-state index in [1.54, 1.807) is 12.3 Å². The van der Waals surface area contributed by atoms with Crippen molar-refractivity contribution in [2.45, 2.75) is 45.1 Å². The van der Waals surface area contributed by atoms with Crippen LogP contribution in [0.1, 0.15) is 50.6 Å². The molecule has 0 amide bonds. The predicted molar refractivity (Wildman–Crippen MR) is 157 cm³/mol. The third kappa shape index (κ3) is 6.05. The highest BCUT2D eigenvalue weighted by Crippen LogP contribution is 2.27. The summed E-state index contributed by atoms with van der Waals surface area (Å²) in [5.74, 6) is 0.488. The van der Waals surface area contributed by atoms with Crippen LogP contribution in [0.25, 0.3) is 11.0 Å². The molecule has 1 saturated heterocycles. The third-order valence-electron chi connectivity index (χ3n) is 7.49. The number of hydrogen-bond acceptors (Lipinski definition) is 6. The Morgan fingerprint density at radius 1 is 0.895 bits per heavy atom. The van der Waals surface area contributed by atoms with Crippen molar-refractivity contribution in [1.82, 2.24) is 19.4 Å². The molecule has 0 spiro atoms. The van der Waals surface area contributed by atoms with E-state index in [4.69, 9.17) is 4.98 Å². The maximum absolute atomic E-state index is 13.3. The van der Waals surface area contributed by atoms with E-state index in [9.17, 15) is 4.79 Å². The van der Waals surface area contributed by atoms with Crippen molar-refractivity contribution >= 4 is 28.4 Å². The van der Waals surface area contributed by atoms with Gasteiger partial charge in [0.25, 0.3) is 5.56 Å². The van der Waals surface area contributed by atoms with E-state index in [-0.39, 0.29) is 11.6 Å². The van der Waals surface area contributed by atoms with Gasteiger partial charge < -0.3 is 15.1 Å². The molecule has 38 heavy (non-hydrogen) atoms. The zero-order chi connectivity index (χ0) is 26.3. The molecule has 4 aromatic rings. The molecule has 0 aliphatic carbocycles. The Labute approximate surface area is 225 Å². The highest BCUT2D eigenvalue weighted by molar-refractivity contribution is 5.76. The monoisotopic (exact) mass is 510 g/mol. The van der Waals surface area contributed by atoms with E-state index >= 15 is 0 Å². The summed E-state index contributed by atoms with van der Waals surface area (Å²) in [6.45, 7) is 6.45. The number of unbranched alkanes of at least 4 members (excludes halogenated alkanes) is 3. The molecule has 1 unspecified atom stereocenters. The predicted octanol–water partition coefficient (Wildman–Crippen LogP) is 5.85. The van der Waals surface area contributed by atoms with Gasteiger partial charge in [-0.2, -0.15) is 4.98 Å². The molecule has 0 radical (unpaired) electrons. The quantitative estimate of drug-likeness (QED) is 0.270. The molecule has 5 rings (SSSR count). The summed E-state index contributed by atoms with van der Waals surface area (Å²) >= 11 is 0. The average Bonchev–Trinajstić information content (AvgIpc) is 2.95. The fraction of sp³-hybridized carbons (Fsp3) is 0.387. The van der Waals surface area contributed by atoms with E-state index in [0.29, 0.717) is 11.6 Å². The molecular formula is C31H38N6O. The van der Waals surface area contributed by atoms with Crippen molar-refractivity contribution in [3.8, 4) is 0 Å². The van der Waals surface area contributed by atoms with Crippen LogP contribution < -0.4 is 15.8 Å². The van der Waals surface area contributed by atoms with Crippen LogP contribution in [0.4, 0.5) is 17.3 Å². The number of anilines is 3.